The van der Waals surface area contributed by atoms with Gasteiger partial charge in [0.1, 0.15) is 0 Å². The second-order valence-corrected chi connectivity index (χ2v) is 13.8. The SMILES string of the molecule is CC=C(CCC(C)(C)C)C(=O)OCCC[Si](C)(C)Cl. The van der Waals surface area contributed by atoms with E-state index in [-0.39, 0.29) is 11.4 Å². The van der Waals surface area contributed by atoms with E-state index in [1.807, 2.05) is 13.0 Å². The molecule has 0 N–H and O–H groups in total. The van der Waals surface area contributed by atoms with Crippen LogP contribution in [-0.4, -0.2) is 20.0 Å². The highest BCUT2D eigenvalue weighted by Crippen LogP contribution is 2.24. The minimum atomic E-state index is -1.54. The molecule has 0 aliphatic heterocycles. The van der Waals surface area contributed by atoms with Gasteiger partial charge >= 0.3 is 5.97 Å². The second-order valence-electron chi connectivity index (χ2n) is 6.83. The van der Waals surface area contributed by atoms with Gasteiger partial charge in [-0.1, -0.05) is 39.9 Å². The van der Waals surface area contributed by atoms with E-state index in [1.54, 1.807) is 0 Å². The van der Waals surface area contributed by atoms with Crippen molar-refractivity contribution in [2.45, 2.75) is 66.1 Å². The summed E-state index contributed by atoms with van der Waals surface area (Å²) in [5, 5.41) is 0. The molecule has 0 aliphatic rings. The zero-order valence-corrected chi connectivity index (χ0v) is 15.1. The molecule has 0 aromatic carbocycles. The number of esters is 1. The minimum absolute atomic E-state index is 0.166. The number of halogens is 1. The lowest BCUT2D eigenvalue weighted by Gasteiger charge is -2.18. The van der Waals surface area contributed by atoms with Crippen LogP contribution in [0.5, 0.6) is 0 Å². The molecule has 0 unspecified atom stereocenters. The van der Waals surface area contributed by atoms with Crippen molar-refractivity contribution in [2.24, 2.45) is 5.41 Å². The number of ether oxygens (including phenoxy) is 1. The van der Waals surface area contributed by atoms with Crippen molar-refractivity contribution in [3.63, 3.8) is 0 Å². The maximum absolute atomic E-state index is 11.9. The Bertz CT molecular complexity index is 311. The van der Waals surface area contributed by atoms with Crippen LogP contribution in [0.1, 0.15) is 47.0 Å². The molecule has 0 bridgehead atoms. The van der Waals surface area contributed by atoms with Crippen molar-refractivity contribution >= 4 is 24.4 Å². The van der Waals surface area contributed by atoms with Crippen molar-refractivity contribution < 1.29 is 9.53 Å². The molecular formula is C15H29ClO2Si. The molecule has 112 valence electrons. The van der Waals surface area contributed by atoms with Crippen LogP contribution in [0.3, 0.4) is 0 Å². The average molecular weight is 305 g/mol. The van der Waals surface area contributed by atoms with Gasteiger partial charge < -0.3 is 4.74 Å². The van der Waals surface area contributed by atoms with Gasteiger partial charge in [-0.2, -0.15) is 11.1 Å². The van der Waals surface area contributed by atoms with Gasteiger partial charge in [0.05, 0.1) is 6.61 Å². The van der Waals surface area contributed by atoms with E-state index in [0.29, 0.717) is 6.61 Å². The van der Waals surface area contributed by atoms with E-state index in [0.717, 1.165) is 30.9 Å². The van der Waals surface area contributed by atoms with Gasteiger partial charge in [0.2, 0.25) is 0 Å². The number of carbonyl (C=O) groups excluding carboxylic acids is 1. The Morgan fingerprint density at radius 3 is 2.32 bits per heavy atom. The van der Waals surface area contributed by atoms with Crippen LogP contribution in [0.15, 0.2) is 11.6 Å². The highest BCUT2D eigenvalue weighted by Gasteiger charge is 2.18. The van der Waals surface area contributed by atoms with Crippen LogP contribution in [0.2, 0.25) is 19.1 Å². The Kier molecular flexibility index (Phi) is 7.98. The third-order valence-electron chi connectivity index (χ3n) is 2.90. The molecule has 0 aliphatic carbocycles. The van der Waals surface area contributed by atoms with Crippen molar-refractivity contribution in [1.82, 2.24) is 0 Å². The fraction of sp³-hybridized carbons (Fsp3) is 0.800. The molecule has 0 aromatic rings. The molecule has 0 spiro atoms. The van der Waals surface area contributed by atoms with Crippen molar-refractivity contribution in [1.29, 1.82) is 0 Å². The number of allylic oxidation sites excluding steroid dienone is 1. The number of hydrogen-bond donors (Lipinski definition) is 0. The quantitative estimate of drug-likeness (QED) is 0.214. The maximum Gasteiger partial charge on any atom is 0.333 e. The second kappa shape index (κ2) is 8.10. The first-order chi connectivity index (χ1) is 8.55. The lowest BCUT2D eigenvalue weighted by Crippen LogP contribution is -2.18. The zero-order chi connectivity index (χ0) is 15.1. The summed E-state index contributed by atoms with van der Waals surface area (Å²) in [6.45, 7) is 13.1. The molecule has 0 amide bonds. The van der Waals surface area contributed by atoms with Crippen LogP contribution >= 0.6 is 11.1 Å². The zero-order valence-electron chi connectivity index (χ0n) is 13.3. The van der Waals surface area contributed by atoms with E-state index in [9.17, 15) is 4.79 Å². The topological polar surface area (TPSA) is 26.3 Å². The molecule has 0 saturated heterocycles. The van der Waals surface area contributed by atoms with Gasteiger partial charge in [0, 0.05) is 5.57 Å². The summed E-state index contributed by atoms with van der Waals surface area (Å²) in [5.41, 5.74) is 1.03. The summed E-state index contributed by atoms with van der Waals surface area (Å²) in [6.07, 6.45) is 4.51. The summed E-state index contributed by atoms with van der Waals surface area (Å²) in [6, 6.07) is 0.981. The van der Waals surface area contributed by atoms with Crippen molar-refractivity contribution in [3.05, 3.63) is 11.6 Å². The molecule has 19 heavy (non-hydrogen) atoms. The number of carbonyl (C=O) groups is 1. The predicted octanol–water partition coefficient (Wildman–Crippen LogP) is 5.14. The van der Waals surface area contributed by atoms with Crippen LogP contribution in [-0.2, 0) is 9.53 Å². The van der Waals surface area contributed by atoms with E-state index in [4.69, 9.17) is 15.8 Å². The number of hydrogen-bond acceptors (Lipinski definition) is 2. The molecular weight excluding hydrogens is 276 g/mol. The normalized spacial score (nSPS) is 13.5. The highest BCUT2D eigenvalue weighted by atomic mass is 35.6. The summed E-state index contributed by atoms with van der Waals surface area (Å²) in [7, 11) is -1.54. The van der Waals surface area contributed by atoms with Crippen LogP contribution in [0, 0.1) is 5.41 Å². The van der Waals surface area contributed by atoms with Crippen LogP contribution in [0.25, 0.3) is 0 Å². The van der Waals surface area contributed by atoms with Gasteiger partial charge in [-0.15, -0.1) is 0 Å². The molecule has 0 fully saturated rings. The number of rotatable bonds is 7. The highest BCUT2D eigenvalue weighted by molar-refractivity contribution is 7.19. The Labute approximate surface area is 124 Å². The van der Waals surface area contributed by atoms with Crippen molar-refractivity contribution in [2.75, 3.05) is 6.61 Å². The molecule has 0 aromatic heterocycles. The molecule has 0 radical (unpaired) electrons. The monoisotopic (exact) mass is 304 g/mol. The Hall–Kier alpha value is -0.283. The first kappa shape index (κ1) is 18.7. The Morgan fingerprint density at radius 1 is 1.32 bits per heavy atom. The lowest BCUT2D eigenvalue weighted by atomic mass is 9.88. The molecule has 4 heteroatoms. The first-order valence-electron chi connectivity index (χ1n) is 7.06. The van der Waals surface area contributed by atoms with E-state index in [1.165, 1.54) is 0 Å². The standard InChI is InChI=1S/C15H29ClO2Si/c1-7-13(9-10-15(2,3)4)14(17)18-11-8-12-19(5,6)16/h7H,8-12H2,1-6H3. The summed E-state index contributed by atoms with van der Waals surface area (Å²) in [5.74, 6) is -0.166. The maximum atomic E-state index is 11.9. The molecule has 2 nitrogen and oxygen atoms in total. The van der Waals surface area contributed by atoms with E-state index >= 15 is 0 Å². The molecule has 0 rings (SSSR count). The van der Waals surface area contributed by atoms with Gasteiger partial charge in [0.25, 0.3) is 0 Å². The summed E-state index contributed by atoms with van der Waals surface area (Å²) >= 11 is 6.23. The first-order valence-corrected chi connectivity index (χ1v) is 11.3. The third kappa shape index (κ3) is 11.3. The van der Waals surface area contributed by atoms with Crippen LogP contribution < -0.4 is 0 Å². The largest absolute Gasteiger partial charge is 0.462 e. The van der Waals surface area contributed by atoms with Gasteiger partial charge in [-0.3, -0.25) is 0 Å². The third-order valence-corrected chi connectivity index (χ3v) is 5.01. The summed E-state index contributed by atoms with van der Waals surface area (Å²) < 4.78 is 5.31. The molecule has 0 heterocycles. The van der Waals surface area contributed by atoms with E-state index in [2.05, 4.69) is 33.9 Å². The van der Waals surface area contributed by atoms with Gasteiger partial charge in [-0.25, -0.2) is 4.79 Å². The Balaban J connectivity index is 4.04. The lowest BCUT2D eigenvalue weighted by molar-refractivity contribution is -0.139. The predicted molar refractivity (Wildman–Crippen MR) is 86.2 cm³/mol. The van der Waals surface area contributed by atoms with Crippen LogP contribution in [0.4, 0.5) is 0 Å². The molecule has 0 saturated carbocycles. The van der Waals surface area contributed by atoms with E-state index < -0.39 is 7.38 Å². The average Bonchev–Trinajstić information content (AvgIpc) is 2.22. The summed E-state index contributed by atoms with van der Waals surface area (Å²) in [4.78, 5) is 11.9. The van der Waals surface area contributed by atoms with Gasteiger partial charge in [0.15, 0.2) is 7.38 Å². The smallest absolute Gasteiger partial charge is 0.333 e. The minimum Gasteiger partial charge on any atom is -0.462 e. The fourth-order valence-electron chi connectivity index (χ4n) is 1.62. The van der Waals surface area contributed by atoms with Crippen molar-refractivity contribution in [3.8, 4) is 0 Å². The fourth-order valence-corrected chi connectivity index (χ4v) is 3.01. The molecule has 0 atom stereocenters. The van der Waals surface area contributed by atoms with Gasteiger partial charge in [-0.05, 0) is 37.6 Å². The Morgan fingerprint density at radius 2 is 1.89 bits per heavy atom.